The number of amides is 2. The highest BCUT2D eigenvalue weighted by Gasteiger charge is 2.26. The smallest absolute Gasteiger partial charge is 0.270 e. The van der Waals surface area contributed by atoms with Crippen molar-refractivity contribution in [2.75, 3.05) is 26.2 Å². The molecule has 1 N–H and O–H groups in total. The Balaban J connectivity index is 1.53. The van der Waals surface area contributed by atoms with Gasteiger partial charge in [-0.25, -0.2) is 4.39 Å². The number of fused-ring (bicyclic) bond motifs is 1. The standard InChI is InChI=1S/C20H20FN3O3/c1-13-15-4-2-5-16(21)18(15)22-17(13)20(26)24-8-3-7-23(9-10-24)19(25)14-6-11-27-12-14/h2,4-6,11-12,22H,3,7-10H2,1H3. The number of halogens is 1. The summed E-state index contributed by atoms with van der Waals surface area (Å²) in [5, 5.41) is 0.713. The molecule has 0 radical (unpaired) electrons. The lowest BCUT2D eigenvalue weighted by molar-refractivity contribution is 0.0715. The second-order valence-electron chi connectivity index (χ2n) is 6.74. The Hall–Kier alpha value is -3.09. The van der Waals surface area contributed by atoms with Gasteiger partial charge in [0.2, 0.25) is 0 Å². The van der Waals surface area contributed by atoms with Crippen LogP contribution in [0.4, 0.5) is 4.39 Å². The molecule has 0 bridgehead atoms. The molecular formula is C20H20FN3O3. The number of aryl methyl sites for hydroxylation is 1. The van der Waals surface area contributed by atoms with Gasteiger partial charge in [0.15, 0.2) is 0 Å². The van der Waals surface area contributed by atoms with Crippen molar-refractivity contribution in [2.45, 2.75) is 13.3 Å². The molecule has 0 saturated carbocycles. The number of hydrogen-bond donors (Lipinski definition) is 1. The summed E-state index contributed by atoms with van der Waals surface area (Å²) in [6.07, 6.45) is 3.58. The molecule has 7 heteroatoms. The lowest BCUT2D eigenvalue weighted by Gasteiger charge is -2.21. The lowest BCUT2D eigenvalue weighted by atomic mass is 10.1. The van der Waals surface area contributed by atoms with Gasteiger partial charge in [-0.15, -0.1) is 0 Å². The molecule has 1 aliphatic rings. The van der Waals surface area contributed by atoms with E-state index in [2.05, 4.69) is 4.98 Å². The predicted octanol–water partition coefficient (Wildman–Crippen LogP) is 3.20. The number of nitrogens with one attached hydrogen (secondary N) is 1. The van der Waals surface area contributed by atoms with Crippen molar-refractivity contribution in [3.8, 4) is 0 Å². The maximum absolute atomic E-state index is 14.0. The summed E-state index contributed by atoms with van der Waals surface area (Å²) in [7, 11) is 0. The number of aromatic amines is 1. The normalized spacial score (nSPS) is 15.2. The third-order valence-electron chi connectivity index (χ3n) is 5.09. The highest BCUT2D eigenvalue weighted by atomic mass is 19.1. The molecule has 3 heterocycles. The molecular weight excluding hydrogens is 349 g/mol. The van der Waals surface area contributed by atoms with E-state index in [-0.39, 0.29) is 17.6 Å². The van der Waals surface area contributed by atoms with E-state index in [1.807, 2.05) is 6.92 Å². The SMILES string of the molecule is Cc1c(C(=O)N2CCCN(C(=O)c3ccoc3)CC2)[nH]c2c(F)cccc12. The van der Waals surface area contributed by atoms with Crippen molar-refractivity contribution in [1.29, 1.82) is 0 Å². The Labute approximate surface area is 155 Å². The van der Waals surface area contributed by atoms with Gasteiger partial charge in [0, 0.05) is 31.6 Å². The molecule has 0 aliphatic carbocycles. The van der Waals surface area contributed by atoms with Crippen molar-refractivity contribution in [3.05, 3.63) is 59.4 Å². The van der Waals surface area contributed by atoms with Crippen LogP contribution in [-0.2, 0) is 0 Å². The average molecular weight is 369 g/mol. The number of furan rings is 1. The molecule has 3 aromatic rings. The van der Waals surface area contributed by atoms with Gasteiger partial charge in [0.25, 0.3) is 11.8 Å². The van der Waals surface area contributed by atoms with E-state index in [1.54, 1.807) is 28.0 Å². The van der Waals surface area contributed by atoms with Crippen LogP contribution in [0, 0.1) is 12.7 Å². The van der Waals surface area contributed by atoms with Gasteiger partial charge >= 0.3 is 0 Å². The molecule has 27 heavy (non-hydrogen) atoms. The minimum absolute atomic E-state index is 0.0955. The first-order chi connectivity index (χ1) is 13.1. The van der Waals surface area contributed by atoms with E-state index in [1.165, 1.54) is 18.6 Å². The topological polar surface area (TPSA) is 69.6 Å². The molecule has 2 aromatic heterocycles. The third kappa shape index (κ3) is 3.09. The summed E-state index contributed by atoms with van der Waals surface area (Å²) >= 11 is 0. The van der Waals surface area contributed by atoms with Gasteiger partial charge in [-0.1, -0.05) is 12.1 Å². The number of benzene rings is 1. The number of rotatable bonds is 2. The lowest BCUT2D eigenvalue weighted by Crippen LogP contribution is -2.37. The van der Waals surface area contributed by atoms with Crippen LogP contribution in [0.15, 0.2) is 41.2 Å². The number of H-pyrrole nitrogens is 1. The zero-order chi connectivity index (χ0) is 19.0. The molecule has 1 aromatic carbocycles. The monoisotopic (exact) mass is 369 g/mol. The third-order valence-corrected chi connectivity index (χ3v) is 5.09. The zero-order valence-electron chi connectivity index (χ0n) is 15.0. The van der Waals surface area contributed by atoms with Crippen LogP contribution in [0.3, 0.4) is 0 Å². The van der Waals surface area contributed by atoms with Gasteiger partial charge in [-0.2, -0.15) is 0 Å². The molecule has 6 nitrogen and oxygen atoms in total. The quantitative estimate of drug-likeness (QED) is 0.754. The number of aromatic nitrogens is 1. The van der Waals surface area contributed by atoms with Crippen LogP contribution >= 0.6 is 0 Å². The van der Waals surface area contributed by atoms with E-state index < -0.39 is 0 Å². The molecule has 0 atom stereocenters. The summed E-state index contributed by atoms with van der Waals surface area (Å²) in [5.74, 6) is -0.634. The van der Waals surface area contributed by atoms with Gasteiger partial charge in [-0.05, 0) is 31.0 Å². The van der Waals surface area contributed by atoms with Crippen molar-refractivity contribution in [2.24, 2.45) is 0 Å². The molecule has 1 fully saturated rings. The maximum atomic E-state index is 14.0. The van der Waals surface area contributed by atoms with Crippen LogP contribution in [0.1, 0.15) is 32.8 Å². The second kappa shape index (κ2) is 6.90. The Morgan fingerprint density at radius 3 is 2.48 bits per heavy atom. The molecule has 140 valence electrons. The highest BCUT2D eigenvalue weighted by molar-refractivity contribution is 6.01. The summed E-state index contributed by atoms with van der Waals surface area (Å²) in [6, 6.07) is 6.45. The van der Waals surface area contributed by atoms with Crippen LogP contribution in [-0.4, -0.2) is 52.8 Å². The zero-order valence-corrected chi connectivity index (χ0v) is 15.0. The van der Waals surface area contributed by atoms with Crippen molar-refractivity contribution < 1.29 is 18.4 Å². The number of carbonyl (C=O) groups excluding carboxylic acids is 2. The first kappa shape index (κ1) is 17.3. The summed E-state index contributed by atoms with van der Waals surface area (Å²) in [6.45, 7) is 3.82. The van der Waals surface area contributed by atoms with Crippen LogP contribution in [0.2, 0.25) is 0 Å². The fourth-order valence-electron chi connectivity index (χ4n) is 3.58. The molecule has 0 spiro atoms. The minimum atomic E-state index is -0.373. The Kier molecular flexibility index (Phi) is 4.43. The van der Waals surface area contributed by atoms with Gasteiger partial charge in [-0.3, -0.25) is 9.59 Å². The van der Waals surface area contributed by atoms with Gasteiger partial charge in [0.1, 0.15) is 17.8 Å². The summed E-state index contributed by atoms with van der Waals surface area (Å²) in [5.41, 5.74) is 2.01. The van der Waals surface area contributed by atoms with E-state index in [9.17, 15) is 14.0 Å². The molecule has 2 amide bonds. The van der Waals surface area contributed by atoms with E-state index in [0.717, 1.165) is 5.56 Å². The number of hydrogen-bond acceptors (Lipinski definition) is 3. The van der Waals surface area contributed by atoms with Crippen LogP contribution < -0.4 is 0 Å². The van der Waals surface area contributed by atoms with E-state index in [4.69, 9.17) is 4.42 Å². The van der Waals surface area contributed by atoms with Crippen molar-refractivity contribution >= 4 is 22.7 Å². The average Bonchev–Trinajstić information content (AvgIpc) is 3.24. The Morgan fingerprint density at radius 2 is 1.81 bits per heavy atom. The second-order valence-corrected chi connectivity index (χ2v) is 6.74. The maximum Gasteiger partial charge on any atom is 0.270 e. The van der Waals surface area contributed by atoms with Crippen molar-refractivity contribution in [3.63, 3.8) is 0 Å². The Morgan fingerprint density at radius 1 is 1.07 bits per heavy atom. The molecule has 1 aliphatic heterocycles. The minimum Gasteiger partial charge on any atom is -0.472 e. The summed E-state index contributed by atoms with van der Waals surface area (Å²) < 4.78 is 19.0. The van der Waals surface area contributed by atoms with Crippen LogP contribution in [0.5, 0.6) is 0 Å². The van der Waals surface area contributed by atoms with Gasteiger partial charge in [0.05, 0.1) is 17.3 Å². The number of carbonyl (C=O) groups is 2. The number of nitrogens with zero attached hydrogens (tertiary/aromatic N) is 2. The predicted molar refractivity (Wildman–Crippen MR) is 98.1 cm³/mol. The van der Waals surface area contributed by atoms with Crippen molar-refractivity contribution in [1.82, 2.24) is 14.8 Å². The summed E-state index contributed by atoms with van der Waals surface area (Å²) in [4.78, 5) is 31.9. The Bertz CT molecular complexity index is 993. The van der Waals surface area contributed by atoms with E-state index in [0.29, 0.717) is 54.8 Å². The first-order valence-electron chi connectivity index (χ1n) is 8.94. The van der Waals surface area contributed by atoms with Crippen LogP contribution in [0.25, 0.3) is 10.9 Å². The largest absolute Gasteiger partial charge is 0.472 e. The number of para-hydroxylation sites is 1. The molecule has 1 saturated heterocycles. The first-order valence-corrected chi connectivity index (χ1v) is 8.94. The fraction of sp³-hybridized carbons (Fsp3) is 0.300. The van der Waals surface area contributed by atoms with E-state index >= 15 is 0 Å². The molecule has 4 rings (SSSR count). The van der Waals surface area contributed by atoms with Gasteiger partial charge < -0.3 is 19.2 Å². The highest BCUT2D eigenvalue weighted by Crippen LogP contribution is 2.25. The molecule has 0 unspecified atom stereocenters. The fourth-order valence-corrected chi connectivity index (χ4v) is 3.58.